The summed E-state index contributed by atoms with van der Waals surface area (Å²) in [5.74, 6) is -0.702. The third-order valence-electron chi connectivity index (χ3n) is 5.63. The second-order valence-corrected chi connectivity index (χ2v) is 11.1. The molecule has 0 aromatic heterocycles. The number of non-ortho nitro benzene ring substituents is 1. The predicted octanol–water partition coefficient (Wildman–Crippen LogP) is 4.97. The van der Waals surface area contributed by atoms with Crippen LogP contribution in [0.15, 0.2) is 84.9 Å². The van der Waals surface area contributed by atoms with Gasteiger partial charge in [0.2, 0.25) is 5.60 Å². The number of hydrogen-bond acceptors (Lipinski definition) is 6. The maximum absolute atomic E-state index is 13.7. The van der Waals surface area contributed by atoms with E-state index in [9.17, 15) is 19.1 Å². The summed E-state index contributed by atoms with van der Waals surface area (Å²) >= 11 is 0. The number of nitro benzene ring substituents is 1. The van der Waals surface area contributed by atoms with Gasteiger partial charge in [-0.15, -0.1) is 0 Å². The standard InChI is InChI=1S/C27H30N2O6S/c1-26(2,3)36(33)28-24(21-15-17-23(18-16-21)29(31)32)27(25(30)34-4,22-13-9-6-10-14-22)35-19-20-11-7-5-8-12-20/h5-18,24,28H,19H2,1-4H3/t24-,27-,36?/m1/s1. The highest BCUT2D eigenvalue weighted by molar-refractivity contribution is 7.84. The van der Waals surface area contributed by atoms with Crippen molar-refractivity contribution < 1.29 is 23.4 Å². The van der Waals surface area contributed by atoms with Gasteiger partial charge in [0, 0.05) is 12.1 Å². The Morgan fingerprint density at radius 1 is 0.972 bits per heavy atom. The first-order valence-corrected chi connectivity index (χ1v) is 12.5. The van der Waals surface area contributed by atoms with Crippen molar-refractivity contribution in [2.45, 2.75) is 43.8 Å². The summed E-state index contributed by atoms with van der Waals surface area (Å²) < 4.78 is 27.5. The number of benzene rings is 3. The normalized spacial score (nSPS) is 14.9. The second-order valence-electron chi connectivity index (χ2n) is 9.15. The average molecular weight is 511 g/mol. The number of nitrogens with zero attached hydrogens (tertiary/aromatic N) is 1. The Labute approximate surface area is 213 Å². The Hall–Kier alpha value is -3.40. The van der Waals surface area contributed by atoms with Crippen LogP contribution in [0.5, 0.6) is 0 Å². The lowest BCUT2D eigenvalue weighted by molar-refractivity contribution is -0.384. The van der Waals surface area contributed by atoms with E-state index >= 15 is 0 Å². The number of ether oxygens (including phenoxy) is 2. The van der Waals surface area contributed by atoms with Crippen molar-refractivity contribution >= 4 is 22.6 Å². The Balaban J connectivity index is 2.25. The lowest BCUT2D eigenvalue weighted by Crippen LogP contribution is -2.52. The first kappa shape index (κ1) is 27.2. The number of nitro groups is 1. The van der Waals surface area contributed by atoms with Gasteiger partial charge in [-0.1, -0.05) is 72.8 Å². The Morgan fingerprint density at radius 3 is 2.03 bits per heavy atom. The number of carbonyl (C=O) groups excluding carboxylic acids is 1. The third-order valence-corrected chi connectivity index (χ3v) is 7.19. The molecule has 0 saturated heterocycles. The molecule has 9 heteroatoms. The highest BCUT2D eigenvalue weighted by atomic mass is 32.2. The molecule has 0 bridgehead atoms. The summed E-state index contributed by atoms with van der Waals surface area (Å²) in [6, 6.07) is 22.9. The molecule has 3 atom stereocenters. The van der Waals surface area contributed by atoms with Crippen LogP contribution in [0.3, 0.4) is 0 Å². The van der Waals surface area contributed by atoms with Crippen LogP contribution in [0.4, 0.5) is 5.69 Å². The van der Waals surface area contributed by atoms with E-state index in [1.165, 1.54) is 31.4 Å². The SMILES string of the molecule is COC(=O)[C@@](OCc1ccccc1)(c1ccccc1)[C@H](NS(=O)C(C)(C)C)c1ccc([N+](=O)[O-])cc1. The second kappa shape index (κ2) is 11.6. The topological polar surface area (TPSA) is 108 Å². The molecule has 3 aromatic rings. The third kappa shape index (κ3) is 6.04. The number of hydrogen-bond donors (Lipinski definition) is 1. The number of nitrogens with one attached hydrogen (secondary N) is 1. The van der Waals surface area contributed by atoms with Gasteiger partial charge in [-0.05, 0) is 37.5 Å². The summed E-state index contributed by atoms with van der Waals surface area (Å²) in [6.07, 6.45) is 0. The van der Waals surface area contributed by atoms with Crippen molar-refractivity contribution in [3.63, 3.8) is 0 Å². The van der Waals surface area contributed by atoms with Crippen LogP contribution >= 0.6 is 0 Å². The molecule has 0 aliphatic carbocycles. The molecule has 0 aliphatic heterocycles. The molecule has 1 N–H and O–H groups in total. The molecule has 0 spiro atoms. The largest absolute Gasteiger partial charge is 0.467 e. The summed E-state index contributed by atoms with van der Waals surface area (Å²) in [5.41, 5.74) is -0.109. The molecule has 0 saturated carbocycles. The first-order chi connectivity index (χ1) is 17.1. The minimum absolute atomic E-state index is 0.0537. The smallest absolute Gasteiger partial charge is 0.344 e. The maximum Gasteiger partial charge on any atom is 0.344 e. The van der Waals surface area contributed by atoms with E-state index in [1.807, 2.05) is 36.4 Å². The Morgan fingerprint density at radius 2 is 1.53 bits per heavy atom. The molecular weight excluding hydrogens is 480 g/mol. The molecular formula is C27H30N2O6S. The van der Waals surface area contributed by atoms with Gasteiger partial charge in [-0.25, -0.2) is 13.7 Å². The van der Waals surface area contributed by atoms with Crippen molar-refractivity contribution in [2.75, 3.05) is 7.11 Å². The van der Waals surface area contributed by atoms with Crippen molar-refractivity contribution in [1.82, 2.24) is 4.72 Å². The van der Waals surface area contributed by atoms with Gasteiger partial charge in [-0.3, -0.25) is 10.1 Å². The molecule has 3 aromatic carbocycles. The van der Waals surface area contributed by atoms with Crippen LogP contribution in [0.1, 0.15) is 43.5 Å². The lowest BCUT2D eigenvalue weighted by atomic mass is 9.82. The van der Waals surface area contributed by atoms with Crippen LogP contribution in [0.2, 0.25) is 0 Å². The summed E-state index contributed by atoms with van der Waals surface area (Å²) in [4.78, 5) is 24.4. The molecule has 190 valence electrons. The van der Waals surface area contributed by atoms with Crippen LogP contribution in [-0.4, -0.2) is 27.0 Å². The van der Waals surface area contributed by atoms with Crippen LogP contribution in [0, 0.1) is 10.1 Å². The summed E-state index contributed by atoms with van der Waals surface area (Å²) in [7, 11) is -0.377. The molecule has 36 heavy (non-hydrogen) atoms. The van der Waals surface area contributed by atoms with E-state index in [4.69, 9.17) is 9.47 Å². The number of methoxy groups -OCH3 is 1. The zero-order valence-corrected chi connectivity index (χ0v) is 21.5. The minimum Gasteiger partial charge on any atom is -0.467 e. The van der Waals surface area contributed by atoms with Crippen molar-refractivity contribution in [1.29, 1.82) is 0 Å². The van der Waals surface area contributed by atoms with E-state index < -0.39 is 38.3 Å². The van der Waals surface area contributed by atoms with Gasteiger partial charge in [-0.2, -0.15) is 0 Å². The minimum atomic E-state index is -1.77. The zero-order valence-electron chi connectivity index (χ0n) is 20.7. The van der Waals surface area contributed by atoms with Crippen LogP contribution in [0.25, 0.3) is 0 Å². The van der Waals surface area contributed by atoms with Gasteiger partial charge in [0.1, 0.15) is 0 Å². The number of carbonyl (C=O) groups is 1. The number of esters is 1. The van der Waals surface area contributed by atoms with E-state index in [-0.39, 0.29) is 12.3 Å². The molecule has 0 radical (unpaired) electrons. The molecule has 1 unspecified atom stereocenters. The fraction of sp³-hybridized carbons (Fsp3) is 0.296. The van der Waals surface area contributed by atoms with Crippen LogP contribution < -0.4 is 4.72 Å². The molecule has 8 nitrogen and oxygen atoms in total. The van der Waals surface area contributed by atoms with E-state index in [0.717, 1.165) is 5.56 Å². The fourth-order valence-electron chi connectivity index (χ4n) is 3.69. The average Bonchev–Trinajstić information content (AvgIpc) is 2.88. The molecule has 0 aliphatic rings. The Kier molecular flexibility index (Phi) is 8.73. The van der Waals surface area contributed by atoms with E-state index in [0.29, 0.717) is 11.1 Å². The molecule has 0 amide bonds. The van der Waals surface area contributed by atoms with Crippen molar-refractivity contribution in [3.8, 4) is 0 Å². The van der Waals surface area contributed by atoms with Gasteiger partial charge >= 0.3 is 5.97 Å². The number of rotatable bonds is 10. The highest BCUT2D eigenvalue weighted by Crippen LogP contribution is 2.42. The van der Waals surface area contributed by atoms with E-state index in [2.05, 4.69) is 4.72 Å². The highest BCUT2D eigenvalue weighted by Gasteiger charge is 2.52. The molecule has 3 rings (SSSR count). The summed E-state index contributed by atoms with van der Waals surface area (Å²) in [5, 5.41) is 11.3. The van der Waals surface area contributed by atoms with Crippen molar-refractivity contribution in [3.05, 3.63) is 112 Å². The predicted molar refractivity (Wildman–Crippen MR) is 138 cm³/mol. The van der Waals surface area contributed by atoms with Crippen LogP contribution in [-0.2, 0) is 37.5 Å². The monoisotopic (exact) mass is 510 g/mol. The molecule has 0 fully saturated rings. The summed E-state index contributed by atoms with van der Waals surface area (Å²) in [6.45, 7) is 5.46. The Bertz CT molecular complexity index is 1200. The van der Waals surface area contributed by atoms with Gasteiger partial charge in [0.15, 0.2) is 0 Å². The first-order valence-electron chi connectivity index (χ1n) is 11.3. The fourth-order valence-corrected chi connectivity index (χ4v) is 4.56. The van der Waals surface area contributed by atoms with Crippen molar-refractivity contribution in [2.24, 2.45) is 0 Å². The zero-order chi connectivity index (χ0) is 26.3. The molecule has 0 heterocycles. The lowest BCUT2D eigenvalue weighted by Gasteiger charge is -2.40. The van der Waals surface area contributed by atoms with Gasteiger partial charge in [0.05, 0.1) is 40.4 Å². The quantitative estimate of drug-likeness (QED) is 0.234. The van der Waals surface area contributed by atoms with Gasteiger partial charge in [0.25, 0.3) is 5.69 Å². The van der Waals surface area contributed by atoms with Gasteiger partial charge < -0.3 is 9.47 Å². The van der Waals surface area contributed by atoms with E-state index in [1.54, 1.807) is 45.0 Å². The maximum atomic E-state index is 13.7.